The van der Waals surface area contributed by atoms with E-state index < -0.39 is 0 Å². The molecule has 1 aromatic heterocycles. The van der Waals surface area contributed by atoms with E-state index in [0.29, 0.717) is 0 Å². The molecule has 1 N–H and O–H groups in total. The molecule has 1 fully saturated rings. The maximum absolute atomic E-state index is 8.71. The summed E-state index contributed by atoms with van der Waals surface area (Å²) in [6, 6.07) is 6.04. The molecule has 0 amide bonds. The van der Waals surface area contributed by atoms with Gasteiger partial charge >= 0.3 is 0 Å². The average molecular weight is 236 g/mol. The second kappa shape index (κ2) is 4.96. The first-order valence-corrected chi connectivity index (χ1v) is 6.34. The molecule has 1 aliphatic rings. The van der Waals surface area contributed by atoms with Crippen molar-refractivity contribution in [2.45, 2.75) is 31.4 Å². The van der Waals surface area contributed by atoms with E-state index in [1.165, 1.54) is 11.3 Å². The Labute approximate surface area is 100 Å². The van der Waals surface area contributed by atoms with Crippen LogP contribution < -0.4 is 5.32 Å². The highest BCUT2D eigenvalue weighted by Gasteiger charge is 2.36. The van der Waals surface area contributed by atoms with Gasteiger partial charge in [-0.3, -0.25) is 0 Å². The summed E-state index contributed by atoms with van der Waals surface area (Å²) in [4.78, 5) is 1.99. The third-order valence-electron chi connectivity index (χ3n) is 3.22. The zero-order valence-electron chi connectivity index (χ0n) is 9.45. The number of thiophene rings is 1. The van der Waals surface area contributed by atoms with Crippen molar-refractivity contribution in [3.05, 3.63) is 21.9 Å². The highest BCUT2D eigenvalue weighted by Crippen LogP contribution is 2.34. The quantitative estimate of drug-likeness (QED) is 0.853. The lowest BCUT2D eigenvalue weighted by molar-refractivity contribution is -0.0695. The molecule has 0 saturated heterocycles. The number of nitrogens with one attached hydrogen (secondary N) is 1. The van der Waals surface area contributed by atoms with Gasteiger partial charge in [0.25, 0.3) is 0 Å². The van der Waals surface area contributed by atoms with E-state index in [1.807, 2.05) is 12.1 Å². The van der Waals surface area contributed by atoms with Crippen LogP contribution in [0.1, 0.15) is 29.0 Å². The van der Waals surface area contributed by atoms with Gasteiger partial charge in [0.15, 0.2) is 0 Å². The molecule has 0 aromatic carbocycles. The zero-order valence-corrected chi connectivity index (χ0v) is 10.3. The SMILES string of the molecule is COC1(CNCc2ccc(C#N)s2)CCC1. The summed E-state index contributed by atoms with van der Waals surface area (Å²) in [6.45, 7) is 1.74. The van der Waals surface area contributed by atoms with Gasteiger partial charge in [0.2, 0.25) is 0 Å². The third kappa shape index (κ3) is 2.43. The van der Waals surface area contributed by atoms with Crippen molar-refractivity contribution in [3.63, 3.8) is 0 Å². The maximum Gasteiger partial charge on any atom is 0.110 e. The number of rotatable bonds is 5. The summed E-state index contributed by atoms with van der Waals surface area (Å²) >= 11 is 1.55. The molecular weight excluding hydrogens is 220 g/mol. The topological polar surface area (TPSA) is 45.0 Å². The largest absolute Gasteiger partial charge is 0.377 e. The lowest BCUT2D eigenvalue weighted by atomic mass is 9.80. The van der Waals surface area contributed by atoms with Gasteiger partial charge in [0.05, 0.1) is 5.60 Å². The Hall–Kier alpha value is -0.890. The molecule has 16 heavy (non-hydrogen) atoms. The number of methoxy groups -OCH3 is 1. The zero-order chi connectivity index (χ0) is 11.4. The van der Waals surface area contributed by atoms with Crippen LogP contribution in [0.15, 0.2) is 12.1 Å². The molecule has 2 rings (SSSR count). The molecule has 0 bridgehead atoms. The lowest BCUT2D eigenvalue weighted by Gasteiger charge is -2.40. The summed E-state index contributed by atoms with van der Waals surface area (Å²) in [5.74, 6) is 0. The van der Waals surface area contributed by atoms with E-state index >= 15 is 0 Å². The van der Waals surface area contributed by atoms with Gasteiger partial charge in [0.1, 0.15) is 10.9 Å². The molecular formula is C12H16N2OS. The molecule has 0 atom stereocenters. The van der Waals surface area contributed by atoms with Crippen molar-refractivity contribution < 1.29 is 4.74 Å². The van der Waals surface area contributed by atoms with Crippen LogP contribution in [0, 0.1) is 11.3 Å². The molecule has 1 aromatic rings. The van der Waals surface area contributed by atoms with Gasteiger partial charge in [-0.2, -0.15) is 5.26 Å². The van der Waals surface area contributed by atoms with E-state index in [9.17, 15) is 0 Å². The van der Waals surface area contributed by atoms with Crippen molar-refractivity contribution in [1.29, 1.82) is 5.26 Å². The number of hydrogen-bond acceptors (Lipinski definition) is 4. The average Bonchev–Trinajstić information content (AvgIpc) is 2.70. The Balaban J connectivity index is 1.77. The van der Waals surface area contributed by atoms with Crippen LogP contribution >= 0.6 is 11.3 Å². The molecule has 0 radical (unpaired) electrons. The van der Waals surface area contributed by atoms with Crippen LogP contribution in [0.5, 0.6) is 0 Å². The Morgan fingerprint density at radius 2 is 2.38 bits per heavy atom. The summed E-state index contributed by atoms with van der Waals surface area (Å²) in [6.07, 6.45) is 3.59. The van der Waals surface area contributed by atoms with Gasteiger partial charge < -0.3 is 10.1 Å². The van der Waals surface area contributed by atoms with Crippen molar-refractivity contribution in [2.75, 3.05) is 13.7 Å². The summed E-state index contributed by atoms with van der Waals surface area (Å²) in [5.41, 5.74) is 0.0787. The van der Waals surface area contributed by atoms with Crippen LogP contribution in [0.25, 0.3) is 0 Å². The van der Waals surface area contributed by atoms with Gasteiger partial charge in [0, 0.05) is 25.1 Å². The van der Waals surface area contributed by atoms with Crippen molar-refractivity contribution in [1.82, 2.24) is 5.32 Å². The van der Waals surface area contributed by atoms with Crippen LogP contribution in [0.2, 0.25) is 0 Å². The van der Waals surface area contributed by atoms with Crippen LogP contribution in [0.3, 0.4) is 0 Å². The standard InChI is InChI=1S/C12H16N2OS/c1-15-12(5-2-6-12)9-14-8-11-4-3-10(7-13)16-11/h3-4,14H,2,5-6,8-9H2,1H3. The van der Waals surface area contributed by atoms with E-state index in [2.05, 4.69) is 11.4 Å². The van der Waals surface area contributed by atoms with Crippen molar-refractivity contribution in [3.8, 4) is 6.07 Å². The van der Waals surface area contributed by atoms with E-state index in [1.54, 1.807) is 18.4 Å². The monoisotopic (exact) mass is 236 g/mol. The fourth-order valence-corrected chi connectivity index (χ4v) is 2.75. The predicted octanol–water partition coefficient (Wildman–Crippen LogP) is 2.28. The molecule has 4 heteroatoms. The number of nitrogens with zero attached hydrogens (tertiary/aromatic N) is 1. The van der Waals surface area contributed by atoms with Crippen molar-refractivity contribution in [2.24, 2.45) is 0 Å². The molecule has 0 spiro atoms. The summed E-state index contributed by atoms with van der Waals surface area (Å²) < 4.78 is 5.53. The minimum absolute atomic E-state index is 0.0787. The number of nitriles is 1. The fraction of sp³-hybridized carbons (Fsp3) is 0.583. The lowest BCUT2D eigenvalue weighted by Crippen LogP contribution is -2.47. The first kappa shape index (κ1) is 11.6. The second-order valence-electron chi connectivity index (χ2n) is 4.22. The Morgan fingerprint density at radius 1 is 1.56 bits per heavy atom. The van der Waals surface area contributed by atoms with Gasteiger partial charge in [-0.15, -0.1) is 11.3 Å². The van der Waals surface area contributed by atoms with E-state index in [4.69, 9.17) is 10.00 Å². The van der Waals surface area contributed by atoms with Crippen LogP contribution in [0.4, 0.5) is 0 Å². The Morgan fingerprint density at radius 3 is 2.88 bits per heavy atom. The molecule has 3 nitrogen and oxygen atoms in total. The molecule has 1 saturated carbocycles. The van der Waals surface area contributed by atoms with Gasteiger partial charge in [-0.05, 0) is 31.4 Å². The van der Waals surface area contributed by atoms with Gasteiger partial charge in [-0.25, -0.2) is 0 Å². The number of hydrogen-bond donors (Lipinski definition) is 1. The molecule has 0 unspecified atom stereocenters. The van der Waals surface area contributed by atoms with E-state index in [-0.39, 0.29) is 5.60 Å². The maximum atomic E-state index is 8.71. The van der Waals surface area contributed by atoms with Crippen molar-refractivity contribution >= 4 is 11.3 Å². The molecule has 1 aliphatic carbocycles. The van der Waals surface area contributed by atoms with Crippen LogP contribution in [-0.4, -0.2) is 19.3 Å². The first-order chi connectivity index (χ1) is 7.78. The van der Waals surface area contributed by atoms with Gasteiger partial charge in [-0.1, -0.05) is 0 Å². The minimum Gasteiger partial charge on any atom is -0.377 e. The second-order valence-corrected chi connectivity index (χ2v) is 5.39. The van der Waals surface area contributed by atoms with E-state index in [0.717, 1.165) is 30.8 Å². The predicted molar refractivity (Wildman–Crippen MR) is 64.3 cm³/mol. The highest BCUT2D eigenvalue weighted by molar-refractivity contribution is 7.12. The summed E-state index contributed by atoms with van der Waals surface area (Å²) in [5, 5.41) is 12.1. The van der Waals surface area contributed by atoms with Crippen LogP contribution in [-0.2, 0) is 11.3 Å². The Kier molecular flexibility index (Phi) is 3.59. The fourth-order valence-electron chi connectivity index (χ4n) is 1.97. The minimum atomic E-state index is 0.0787. The molecule has 0 aliphatic heterocycles. The smallest absolute Gasteiger partial charge is 0.110 e. The molecule has 86 valence electrons. The number of ether oxygens (including phenoxy) is 1. The normalized spacial score (nSPS) is 17.8. The third-order valence-corrected chi connectivity index (χ3v) is 4.21. The summed E-state index contributed by atoms with van der Waals surface area (Å²) in [7, 11) is 1.79. The first-order valence-electron chi connectivity index (χ1n) is 5.53. The Bertz CT molecular complexity index is 384. The molecule has 1 heterocycles. The highest BCUT2D eigenvalue weighted by atomic mass is 32.1.